The Hall–Kier alpha value is -1.00. The molecule has 0 saturated carbocycles. The molecule has 0 aliphatic rings. The lowest BCUT2D eigenvalue weighted by molar-refractivity contribution is 0.634. The Kier molecular flexibility index (Phi) is 3.51. The third-order valence-corrected chi connectivity index (χ3v) is 2.81. The van der Waals surface area contributed by atoms with Gasteiger partial charge in [0.2, 0.25) is 0 Å². The second-order valence-corrected chi connectivity index (χ2v) is 5.08. The first-order valence-corrected chi connectivity index (χ1v) is 6.39. The van der Waals surface area contributed by atoms with Crippen LogP contribution in [0.4, 0.5) is 0 Å². The second kappa shape index (κ2) is 4.89. The molecule has 0 radical (unpaired) electrons. The molecular weight excluding hydrogens is 242 g/mol. The average Bonchev–Trinajstić information content (AvgIpc) is 2.67. The number of aromatic nitrogens is 3. The van der Waals surface area contributed by atoms with Crippen LogP contribution in [0.25, 0.3) is 11.5 Å². The smallest absolute Gasteiger partial charge is 0.180 e. The maximum absolute atomic E-state index is 5.97. The van der Waals surface area contributed by atoms with E-state index in [2.05, 4.69) is 28.8 Å². The van der Waals surface area contributed by atoms with E-state index < -0.39 is 0 Å². The largest absolute Gasteiger partial charge is 0.241 e. The zero-order valence-electron chi connectivity index (χ0n) is 9.14. The fourth-order valence-electron chi connectivity index (χ4n) is 1.42. The van der Waals surface area contributed by atoms with Crippen LogP contribution in [0.5, 0.6) is 0 Å². The summed E-state index contributed by atoms with van der Waals surface area (Å²) >= 11 is 7.50. The highest BCUT2D eigenvalue weighted by molar-refractivity contribution is 7.07. The van der Waals surface area contributed by atoms with Gasteiger partial charge in [0, 0.05) is 11.1 Å². The lowest BCUT2D eigenvalue weighted by Crippen LogP contribution is -2.00. The quantitative estimate of drug-likeness (QED) is 0.787. The van der Waals surface area contributed by atoms with Gasteiger partial charge in [0.15, 0.2) is 5.82 Å². The minimum atomic E-state index is 0.480. The normalized spacial score (nSPS) is 11.0. The predicted molar refractivity (Wildman–Crippen MR) is 66.7 cm³/mol. The van der Waals surface area contributed by atoms with E-state index in [1.807, 2.05) is 11.4 Å². The minimum absolute atomic E-state index is 0.480. The zero-order valence-corrected chi connectivity index (χ0v) is 10.7. The van der Waals surface area contributed by atoms with Crippen molar-refractivity contribution in [3.05, 3.63) is 27.8 Å². The standard InChI is InChI=1S/C11H12ClN3S/c1-7(2)3-8-4-10(12)15-11(14-8)9-5-16-6-13-9/h4-7H,3H2,1-2H3. The number of hydrogen-bond acceptors (Lipinski definition) is 4. The molecule has 0 N–H and O–H groups in total. The van der Waals surface area contributed by atoms with E-state index in [4.69, 9.17) is 11.6 Å². The number of thiazole rings is 1. The summed E-state index contributed by atoms with van der Waals surface area (Å²) in [7, 11) is 0. The van der Waals surface area contributed by atoms with Crippen LogP contribution in [0.2, 0.25) is 5.15 Å². The molecule has 0 spiro atoms. The molecule has 0 unspecified atom stereocenters. The van der Waals surface area contributed by atoms with Gasteiger partial charge >= 0.3 is 0 Å². The van der Waals surface area contributed by atoms with E-state index in [9.17, 15) is 0 Å². The van der Waals surface area contributed by atoms with Crippen molar-refractivity contribution < 1.29 is 0 Å². The highest BCUT2D eigenvalue weighted by Gasteiger charge is 2.08. The summed E-state index contributed by atoms with van der Waals surface area (Å²) < 4.78 is 0. The minimum Gasteiger partial charge on any atom is -0.241 e. The molecule has 0 bridgehead atoms. The van der Waals surface area contributed by atoms with Gasteiger partial charge < -0.3 is 0 Å². The van der Waals surface area contributed by atoms with Gasteiger partial charge in [0.1, 0.15) is 10.8 Å². The van der Waals surface area contributed by atoms with Crippen molar-refractivity contribution in [2.24, 2.45) is 5.92 Å². The highest BCUT2D eigenvalue weighted by Crippen LogP contribution is 2.19. The van der Waals surface area contributed by atoms with E-state index in [0.29, 0.717) is 16.9 Å². The molecule has 0 amide bonds. The molecule has 2 rings (SSSR count). The summed E-state index contributed by atoms with van der Waals surface area (Å²) in [5.41, 5.74) is 3.53. The van der Waals surface area contributed by atoms with Crippen molar-refractivity contribution >= 4 is 22.9 Å². The fourth-order valence-corrected chi connectivity index (χ4v) is 2.16. The van der Waals surface area contributed by atoms with Crippen LogP contribution in [-0.4, -0.2) is 15.0 Å². The first-order chi connectivity index (χ1) is 7.65. The lowest BCUT2D eigenvalue weighted by atomic mass is 10.1. The van der Waals surface area contributed by atoms with Crippen molar-refractivity contribution in [3.8, 4) is 11.5 Å². The Bertz CT molecular complexity index is 468. The molecule has 0 aliphatic carbocycles. The molecule has 0 aromatic carbocycles. The molecular formula is C11H12ClN3S. The van der Waals surface area contributed by atoms with Crippen LogP contribution in [0.1, 0.15) is 19.5 Å². The molecule has 3 nitrogen and oxygen atoms in total. The third kappa shape index (κ3) is 2.77. The monoisotopic (exact) mass is 253 g/mol. The third-order valence-electron chi connectivity index (χ3n) is 2.03. The molecule has 2 heterocycles. The average molecular weight is 254 g/mol. The van der Waals surface area contributed by atoms with Crippen LogP contribution in [0.15, 0.2) is 17.0 Å². The summed E-state index contributed by atoms with van der Waals surface area (Å²) in [4.78, 5) is 12.8. The number of hydrogen-bond donors (Lipinski definition) is 0. The Labute approximate surface area is 104 Å². The molecule has 0 aliphatic heterocycles. The van der Waals surface area contributed by atoms with Crippen LogP contribution in [-0.2, 0) is 6.42 Å². The highest BCUT2D eigenvalue weighted by atomic mass is 35.5. The fraction of sp³-hybridized carbons (Fsp3) is 0.364. The first kappa shape index (κ1) is 11.5. The van der Waals surface area contributed by atoms with Crippen LogP contribution < -0.4 is 0 Å². The van der Waals surface area contributed by atoms with Crippen molar-refractivity contribution in [2.45, 2.75) is 20.3 Å². The SMILES string of the molecule is CC(C)Cc1cc(Cl)nc(-c2cscn2)n1. The van der Waals surface area contributed by atoms with E-state index in [1.165, 1.54) is 11.3 Å². The molecule has 16 heavy (non-hydrogen) atoms. The summed E-state index contributed by atoms with van der Waals surface area (Å²) in [5, 5.41) is 2.40. The van der Waals surface area contributed by atoms with E-state index in [1.54, 1.807) is 5.51 Å². The van der Waals surface area contributed by atoms with E-state index >= 15 is 0 Å². The van der Waals surface area contributed by atoms with Crippen LogP contribution in [0.3, 0.4) is 0 Å². The maximum atomic E-state index is 5.97. The molecule has 84 valence electrons. The van der Waals surface area contributed by atoms with Crippen molar-refractivity contribution in [2.75, 3.05) is 0 Å². The summed E-state index contributed by atoms with van der Waals surface area (Å²) in [6.07, 6.45) is 0.902. The number of halogens is 1. The van der Waals surface area contributed by atoms with Gasteiger partial charge in [-0.15, -0.1) is 11.3 Å². The van der Waals surface area contributed by atoms with Crippen LogP contribution in [0, 0.1) is 5.92 Å². The molecule has 0 saturated heterocycles. The molecule has 0 atom stereocenters. The van der Waals surface area contributed by atoms with Gasteiger partial charge in [-0.1, -0.05) is 25.4 Å². The number of nitrogens with zero attached hydrogens (tertiary/aromatic N) is 3. The number of rotatable bonds is 3. The molecule has 2 aromatic heterocycles. The predicted octanol–water partition coefficient (Wildman–Crippen LogP) is 3.45. The summed E-state index contributed by atoms with van der Waals surface area (Å²) in [6, 6.07) is 1.82. The van der Waals surface area contributed by atoms with E-state index in [-0.39, 0.29) is 0 Å². The Morgan fingerprint density at radius 1 is 1.38 bits per heavy atom. The zero-order chi connectivity index (χ0) is 11.5. The maximum Gasteiger partial charge on any atom is 0.180 e. The van der Waals surface area contributed by atoms with Crippen LogP contribution >= 0.6 is 22.9 Å². The van der Waals surface area contributed by atoms with E-state index in [0.717, 1.165) is 17.8 Å². The second-order valence-electron chi connectivity index (χ2n) is 3.98. The molecule has 5 heteroatoms. The van der Waals surface area contributed by atoms with Gasteiger partial charge in [-0.2, -0.15) is 0 Å². The van der Waals surface area contributed by atoms with Gasteiger partial charge in [-0.25, -0.2) is 15.0 Å². The van der Waals surface area contributed by atoms with Gasteiger partial charge in [-0.05, 0) is 18.4 Å². The Morgan fingerprint density at radius 3 is 2.81 bits per heavy atom. The lowest BCUT2D eigenvalue weighted by Gasteiger charge is -2.05. The first-order valence-electron chi connectivity index (χ1n) is 5.07. The summed E-state index contributed by atoms with van der Waals surface area (Å²) in [6.45, 7) is 4.30. The van der Waals surface area contributed by atoms with Gasteiger partial charge in [0.25, 0.3) is 0 Å². The molecule has 0 fully saturated rings. The topological polar surface area (TPSA) is 38.7 Å². The van der Waals surface area contributed by atoms with Crippen molar-refractivity contribution in [1.82, 2.24) is 15.0 Å². The van der Waals surface area contributed by atoms with Crippen molar-refractivity contribution in [1.29, 1.82) is 0 Å². The summed E-state index contributed by atoms with van der Waals surface area (Å²) in [5.74, 6) is 1.17. The van der Waals surface area contributed by atoms with Gasteiger partial charge in [-0.3, -0.25) is 0 Å². The Balaban J connectivity index is 2.36. The van der Waals surface area contributed by atoms with Gasteiger partial charge in [0.05, 0.1) is 5.51 Å². The van der Waals surface area contributed by atoms with Crippen molar-refractivity contribution in [3.63, 3.8) is 0 Å². The molecule has 2 aromatic rings. The Morgan fingerprint density at radius 2 is 2.19 bits per heavy atom.